The number of halogens is 1. The molecule has 100 valence electrons. The van der Waals surface area contributed by atoms with Crippen molar-refractivity contribution in [3.05, 3.63) is 46.2 Å². The molecular weight excluding hydrogens is 267 g/mol. The van der Waals surface area contributed by atoms with Crippen molar-refractivity contribution < 1.29 is 14.3 Å². The minimum atomic E-state index is -0.975. The first kappa shape index (κ1) is 13.5. The van der Waals surface area contributed by atoms with Gasteiger partial charge in [-0.1, -0.05) is 23.5 Å². The number of rotatable bonds is 4. The fraction of sp³-hybridized carbons (Fsp3) is 0.231. The molecule has 0 bridgehead atoms. The lowest BCUT2D eigenvalue weighted by atomic mass is 10.1. The molecule has 19 heavy (non-hydrogen) atoms. The highest BCUT2D eigenvalue weighted by atomic mass is 32.1. The summed E-state index contributed by atoms with van der Waals surface area (Å²) in [7, 11) is 0. The number of carbonyl (C=O) groups is 1. The lowest BCUT2D eigenvalue weighted by molar-refractivity contribution is 0.0701. The zero-order valence-electron chi connectivity index (χ0n) is 10.5. The Morgan fingerprint density at radius 3 is 2.58 bits per heavy atom. The van der Waals surface area contributed by atoms with Gasteiger partial charge >= 0.3 is 5.97 Å². The molecule has 6 heteroatoms. The van der Waals surface area contributed by atoms with Crippen LogP contribution in [0, 0.1) is 12.7 Å². The average molecular weight is 280 g/mol. The highest BCUT2D eigenvalue weighted by Crippen LogP contribution is 2.26. The maximum Gasteiger partial charge on any atom is 0.347 e. The second-order valence-electron chi connectivity index (χ2n) is 4.16. The largest absolute Gasteiger partial charge is 0.477 e. The molecule has 1 heterocycles. The van der Waals surface area contributed by atoms with Gasteiger partial charge in [-0.05, 0) is 31.5 Å². The van der Waals surface area contributed by atoms with Gasteiger partial charge in [0, 0.05) is 0 Å². The Labute approximate surface area is 113 Å². The Morgan fingerprint density at radius 2 is 2.05 bits per heavy atom. The fourth-order valence-electron chi connectivity index (χ4n) is 1.68. The van der Waals surface area contributed by atoms with Crippen molar-refractivity contribution in [2.24, 2.45) is 0 Å². The first-order valence-electron chi connectivity index (χ1n) is 5.70. The Morgan fingerprint density at radius 1 is 1.42 bits per heavy atom. The van der Waals surface area contributed by atoms with Crippen molar-refractivity contribution in [1.29, 1.82) is 0 Å². The predicted molar refractivity (Wildman–Crippen MR) is 72.2 cm³/mol. The van der Waals surface area contributed by atoms with Crippen LogP contribution in [0.3, 0.4) is 0 Å². The van der Waals surface area contributed by atoms with Crippen LogP contribution in [0.25, 0.3) is 0 Å². The van der Waals surface area contributed by atoms with Crippen LogP contribution < -0.4 is 5.32 Å². The summed E-state index contributed by atoms with van der Waals surface area (Å²) in [5.41, 5.74) is 1.40. The molecule has 4 nitrogen and oxygen atoms in total. The van der Waals surface area contributed by atoms with Gasteiger partial charge in [-0.25, -0.2) is 14.2 Å². The molecule has 1 unspecified atom stereocenters. The van der Waals surface area contributed by atoms with Gasteiger partial charge in [0.1, 0.15) is 10.7 Å². The number of carboxylic acid groups (broad SMARTS) is 1. The number of aryl methyl sites for hydroxylation is 1. The van der Waals surface area contributed by atoms with E-state index in [0.29, 0.717) is 10.8 Å². The first-order chi connectivity index (χ1) is 8.97. The fourth-order valence-corrected chi connectivity index (χ4v) is 2.57. The third-order valence-corrected chi connectivity index (χ3v) is 3.78. The zero-order chi connectivity index (χ0) is 14.0. The number of nitrogens with one attached hydrogen (secondary N) is 1. The minimum Gasteiger partial charge on any atom is -0.477 e. The van der Waals surface area contributed by atoms with Crippen molar-refractivity contribution in [3.63, 3.8) is 0 Å². The van der Waals surface area contributed by atoms with E-state index in [-0.39, 0.29) is 16.7 Å². The van der Waals surface area contributed by atoms with E-state index in [2.05, 4.69) is 10.3 Å². The van der Waals surface area contributed by atoms with Crippen LogP contribution >= 0.6 is 11.3 Å². The van der Waals surface area contributed by atoms with E-state index in [9.17, 15) is 9.18 Å². The highest BCUT2D eigenvalue weighted by molar-refractivity contribution is 7.17. The van der Waals surface area contributed by atoms with Crippen molar-refractivity contribution in [2.75, 3.05) is 5.32 Å². The maximum atomic E-state index is 12.8. The van der Waals surface area contributed by atoms with E-state index < -0.39 is 5.97 Å². The van der Waals surface area contributed by atoms with Crippen molar-refractivity contribution in [3.8, 4) is 0 Å². The zero-order valence-corrected chi connectivity index (χ0v) is 11.3. The van der Waals surface area contributed by atoms with Gasteiger partial charge in [0.15, 0.2) is 5.13 Å². The Hall–Kier alpha value is -1.95. The summed E-state index contributed by atoms with van der Waals surface area (Å²) in [6.07, 6.45) is 0. The molecule has 0 spiro atoms. The number of benzene rings is 1. The Balaban J connectivity index is 2.14. The van der Waals surface area contributed by atoms with Gasteiger partial charge in [-0.15, -0.1) is 0 Å². The molecule has 0 aliphatic heterocycles. The number of aromatic nitrogens is 1. The van der Waals surface area contributed by atoms with Gasteiger partial charge < -0.3 is 10.4 Å². The monoisotopic (exact) mass is 280 g/mol. The normalized spacial score (nSPS) is 12.2. The van der Waals surface area contributed by atoms with Crippen LogP contribution in [0.5, 0.6) is 0 Å². The summed E-state index contributed by atoms with van der Waals surface area (Å²) >= 11 is 1.10. The van der Waals surface area contributed by atoms with Gasteiger partial charge in [0.2, 0.25) is 0 Å². The molecule has 1 aromatic heterocycles. The second-order valence-corrected chi connectivity index (χ2v) is 5.16. The van der Waals surface area contributed by atoms with Gasteiger partial charge in [-0.3, -0.25) is 0 Å². The number of carboxylic acids is 1. The summed E-state index contributed by atoms with van der Waals surface area (Å²) in [6, 6.07) is 6.08. The molecule has 0 saturated heterocycles. The topological polar surface area (TPSA) is 62.2 Å². The van der Waals surface area contributed by atoms with Crippen LogP contribution in [-0.2, 0) is 0 Å². The molecule has 0 saturated carbocycles. The lowest BCUT2D eigenvalue weighted by Crippen LogP contribution is -2.06. The van der Waals surface area contributed by atoms with Crippen molar-refractivity contribution >= 4 is 22.4 Å². The molecule has 2 N–H and O–H groups in total. The van der Waals surface area contributed by atoms with Gasteiger partial charge in [0.25, 0.3) is 0 Å². The molecule has 0 amide bonds. The van der Waals surface area contributed by atoms with Crippen LogP contribution in [0.15, 0.2) is 24.3 Å². The van der Waals surface area contributed by atoms with Crippen molar-refractivity contribution in [1.82, 2.24) is 4.98 Å². The number of anilines is 1. The number of thiazole rings is 1. The molecule has 0 fully saturated rings. The van der Waals surface area contributed by atoms with E-state index in [0.717, 1.165) is 16.9 Å². The van der Waals surface area contributed by atoms with E-state index >= 15 is 0 Å². The number of hydrogen-bond donors (Lipinski definition) is 2. The SMILES string of the molecule is Cc1nc(NC(C)c2ccc(F)cc2)sc1C(=O)O. The summed E-state index contributed by atoms with van der Waals surface area (Å²) < 4.78 is 12.8. The summed E-state index contributed by atoms with van der Waals surface area (Å²) in [5, 5.41) is 12.6. The second kappa shape index (κ2) is 5.36. The van der Waals surface area contributed by atoms with E-state index in [1.807, 2.05) is 6.92 Å². The van der Waals surface area contributed by atoms with Crippen LogP contribution in [0.1, 0.15) is 33.9 Å². The van der Waals surface area contributed by atoms with E-state index in [4.69, 9.17) is 5.11 Å². The minimum absolute atomic E-state index is 0.0761. The first-order valence-corrected chi connectivity index (χ1v) is 6.51. The molecule has 0 radical (unpaired) electrons. The van der Waals surface area contributed by atoms with Gasteiger partial charge in [-0.2, -0.15) is 0 Å². The number of hydrogen-bond acceptors (Lipinski definition) is 4. The van der Waals surface area contributed by atoms with Crippen LogP contribution in [-0.4, -0.2) is 16.1 Å². The Kier molecular flexibility index (Phi) is 3.80. The molecule has 2 rings (SSSR count). The van der Waals surface area contributed by atoms with Crippen LogP contribution in [0.2, 0.25) is 0 Å². The summed E-state index contributed by atoms with van der Waals surface area (Å²) in [6.45, 7) is 3.57. The predicted octanol–water partition coefficient (Wildman–Crippen LogP) is 3.46. The average Bonchev–Trinajstić information content (AvgIpc) is 2.71. The smallest absolute Gasteiger partial charge is 0.347 e. The molecule has 1 atom stereocenters. The van der Waals surface area contributed by atoms with E-state index in [1.165, 1.54) is 12.1 Å². The summed E-state index contributed by atoms with van der Waals surface area (Å²) in [4.78, 5) is 15.3. The maximum absolute atomic E-state index is 12.8. The quantitative estimate of drug-likeness (QED) is 0.900. The van der Waals surface area contributed by atoms with Crippen LogP contribution in [0.4, 0.5) is 9.52 Å². The van der Waals surface area contributed by atoms with Crippen molar-refractivity contribution in [2.45, 2.75) is 19.9 Å². The molecule has 1 aromatic carbocycles. The lowest BCUT2D eigenvalue weighted by Gasteiger charge is -2.12. The third kappa shape index (κ3) is 3.08. The summed E-state index contributed by atoms with van der Waals surface area (Å²) in [5.74, 6) is -1.26. The van der Waals surface area contributed by atoms with Gasteiger partial charge in [0.05, 0.1) is 11.7 Å². The molecule has 2 aromatic rings. The molecular formula is C13H13FN2O2S. The molecule has 0 aliphatic rings. The number of nitrogens with zero attached hydrogens (tertiary/aromatic N) is 1. The molecule has 0 aliphatic carbocycles. The van der Waals surface area contributed by atoms with E-state index in [1.54, 1.807) is 19.1 Å². The number of aromatic carboxylic acids is 1. The highest BCUT2D eigenvalue weighted by Gasteiger charge is 2.15. The standard InChI is InChI=1S/C13H13FN2O2S/c1-7(9-3-5-10(14)6-4-9)15-13-16-8(2)11(19-13)12(17)18/h3-7H,1-2H3,(H,15,16)(H,17,18). The Bertz CT molecular complexity index is 595. The third-order valence-electron chi connectivity index (χ3n) is 2.70.